The lowest BCUT2D eigenvalue weighted by molar-refractivity contribution is -0.123. The van der Waals surface area contributed by atoms with Crippen molar-refractivity contribution in [1.82, 2.24) is 15.2 Å². The normalized spacial score (nSPS) is 21.4. The zero-order valence-electron chi connectivity index (χ0n) is 14.5. The molecule has 3 N–H and O–H groups in total. The van der Waals surface area contributed by atoms with Crippen molar-refractivity contribution in [3.63, 3.8) is 0 Å². The first-order valence-corrected chi connectivity index (χ1v) is 8.97. The van der Waals surface area contributed by atoms with E-state index in [0.29, 0.717) is 42.4 Å². The van der Waals surface area contributed by atoms with Crippen LogP contribution in [-0.2, 0) is 17.9 Å². The molecule has 0 radical (unpaired) electrons. The summed E-state index contributed by atoms with van der Waals surface area (Å²) in [4.78, 5) is 31.3. The number of hydrogen-bond acceptors (Lipinski definition) is 5. The number of ether oxygens (including phenoxy) is 1. The van der Waals surface area contributed by atoms with Crippen LogP contribution in [0.15, 0.2) is 6.07 Å². The quantitative estimate of drug-likeness (QED) is 0.833. The maximum absolute atomic E-state index is 12.8. The second-order valence-corrected chi connectivity index (χ2v) is 7.36. The van der Waals surface area contributed by atoms with Gasteiger partial charge < -0.3 is 20.7 Å². The fraction of sp³-hybridized carbons (Fsp3) is 0.611. The van der Waals surface area contributed by atoms with Gasteiger partial charge >= 0.3 is 0 Å². The summed E-state index contributed by atoms with van der Waals surface area (Å²) in [6.45, 7) is 0.811. The van der Waals surface area contributed by atoms with Gasteiger partial charge in [0.05, 0.1) is 30.5 Å². The van der Waals surface area contributed by atoms with Crippen LogP contribution in [0.5, 0.6) is 5.88 Å². The Balaban J connectivity index is 1.54. The number of nitrogens with two attached hydrogens (primary N) is 1. The molecule has 2 fully saturated rings. The molecule has 2 saturated carbocycles. The summed E-state index contributed by atoms with van der Waals surface area (Å²) in [5.41, 5.74) is 7.29. The minimum Gasteiger partial charge on any atom is -0.481 e. The first-order chi connectivity index (χ1) is 12.0. The molecule has 2 aliphatic carbocycles. The van der Waals surface area contributed by atoms with Crippen LogP contribution in [-0.4, -0.2) is 40.4 Å². The van der Waals surface area contributed by atoms with Gasteiger partial charge in [0.25, 0.3) is 5.91 Å². The molecule has 0 atom stereocenters. The largest absolute Gasteiger partial charge is 0.481 e. The molecule has 4 rings (SSSR count). The first kappa shape index (κ1) is 16.3. The van der Waals surface area contributed by atoms with Gasteiger partial charge in [0, 0.05) is 18.2 Å². The number of carbonyl (C=O) groups excluding carboxylic acids is 2. The van der Waals surface area contributed by atoms with Crippen LogP contribution in [0.3, 0.4) is 0 Å². The highest BCUT2D eigenvalue weighted by molar-refractivity contribution is 5.98. The molecule has 1 aromatic rings. The van der Waals surface area contributed by atoms with Crippen molar-refractivity contribution >= 4 is 11.8 Å². The van der Waals surface area contributed by atoms with Gasteiger partial charge in [0.1, 0.15) is 0 Å². The van der Waals surface area contributed by atoms with Crippen molar-refractivity contribution in [2.75, 3.05) is 7.11 Å². The van der Waals surface area contributed by atoms with E-state index in [0.717, 1.165) is 18.5 Å². The fourth-order valence-corrected chi connectivity index (χ4v) is 3.79. The van der Waals surface area contributed by atoms with Crippen LogP contribution < -0.4 is 15.8 Å². The maximum atomic E-state index is 12.8. The summed E-state index contributed by atoms with van der Waals surface area (Å²) in [5.74, 6) is 0.345. The van der Waals surface area contributed by atoms with E-state index in [2.05, 4.69) is 10.3 Å². The predicted molar refractivity (Wildman–Crippen MR) is 90.9 cm³/mol. The number of nitrogens with zero attached hydrogens (tertiary/aromatic N) is 2. The molecule has 134 valence electrons. The van der Waals surface area contributed by atoms with Gasteiger partial charge in [-0.05, 0) is 31.7 Å². The Morgan fingerprint density at radius 3 is 2.80 bits per heavy atom. The molecule has 25 heavy (non-hydrogen) atoms. The Hall–Kier alpha value is -2.15. The Kier molecular flexibility index (Phi) is 3.91. The molecule has 3 aliphatic rings. The number of methoxy groups -OCH3 is 1. The van der Waals surface area contributed by atoms with Gasteiger partial charge in [-0.15, -0.1) is 0 Å². The number of aromatic nitrogens is 1. The standard InChI is InChI=1S/C18H24N4O3/c1-25-15-11(9-20-17(24)18(19)6-7-18)8-13-14(21-15)10-22(16(13)23)12-4-2-3-5-12/h8,12H,2-7,9-10,19H2,1H3,(H,20,24). The van der Waals surface area contributed by atoms with E-state index in [1.807, 2.05) is 11.0 Å². The van der Waals surface area contributed by atoms with Gasteiger partial charge in [0.15, 0.2) is 0 Å². The van der Waals surface area contributed by atoms with E-state index in [1.165, 1.54) is 12.8 Å². The molecule has 0 bridgehead atoms. The van der Waals surface area contributed by atoms with Crippen LogP contribution >= 0.6 is 0 Å². The number of hydrogen-bond donors (Lipinski definition) is 2. The van der Waals surface area contributed by atoms with E-state index in [1.54, 1.807) is 7.11 Å². The molecule has 0 aromatic carbocycles. The van der Waals surface area contributed by atoms with Gasteiger partial charge in [0.2, 0.25) is 11.8 Å². The summed E-state index contributed by atoms with van der Waals surface area (Å²) < 4.78 is 5.38. The molecule has 7 nitrogen and oxygen atoms in total. The third-order valence-electron chi connectivity index (χ3n) is 5.59. The third kappa shape index (κ3) is 2.86. The van der Waals surface area contributed by atoms with E-state index in [9.17, 15) is 9.59 Å². The number of carbonyl (C=O) groups is 2. The highest BCUT2D eigenvalue weighted by Crippen LogP contribution is 2.34. The number of rotatable bonds is 5. The number of amides is 2. The molecule has 7 heteroatoms. The monoisotopic (exact) mass is 344 g/mol. The van der Waals surface area contributed by atoms with Crippen molar-refractivity contribution in [1.29, 1.82) is 0 Å². The van der Waals surface area contributed by atoms with Crippen LogP contribution in [0.2, 0.25) is 0 Å². The molecule has 2 amide bonds. The second-order valence-electron chi connectivity index (χ2n) is 7.36. The lowest BCUT2D eigenvalue weighted by atomic mass is 10.1. The Morgan fingerprint density at radius 2 is 2.16 bits per heavy atom. The molecule has 0 unspecified atom stereocenters. The van der Waals surface area contributed by atoms with E-state index in [4.69, 9.17) is 10.5 Å². The third-order valence-corrected chi connectivity index (χ3v) is 5.59. The topological polar surface area (TPSA) is 97.5 Å². The van der Waals surface area contributed by atoms with Crippen LogP contribution in [0.1, 0.15) is 60.1 Å². The average Bonchev–Trinajstić information content (AvgIpc) is 3.04. The van der Waals surface area contributed by atoms with Crippen molar-refractivity contribution in [3.05, 3.63) is 22.9 Å². The van der Waals surface area contributed by atoms with Crippen molar-refractivity contribution in [2.45, 2.75) is 63.2 Å². The van der Waals surface area contributed by atoms with Gasteiger partial charge in [-0.3, -0.25) is 9.59 Å². The van der Waals surface area contributed by atoms with Crippen LogP contribution in [0.4, 0.5) is 0 Å². The van der Waals surface area contributed by atoms with Crippen LogP contribution in [0.25, 0.3) is 0 Å². The molecule has 1 aliphatic heterocycles. The minimum atomic E-state index is -0.716. The molecular formula is C18H24N4O3. The zero-order valence-corrected chi connectivity index (χ0v) is 14.5. The molecular weight excluding hydrogens is 320 g/mol. The Morgan fingerprint density at radius 1 is 1.44 bits per heavy atom. The van der Waals surface area contributed by atoms with Crippen molar-refractivity contribution in [3.8, 4) is 5.88 Å². The molecule has 2 heterocycles. The first-order valence-electron chi connectivity index (χ1n) is 8.97. The maximum Gasteiger partial charge on any atom is 0.256 e. The van der Waals surface area contributed by atoms with Gasteiger partial charge in [-0.1, -0.05) is 12.8 Å². The second kappa shape index (κ2) is 5.98. The van der Waals surface area contributed by atoms with E-state index in [-0.39, 0.29) is 18.4 Å². The fourth-order valence-electron chi connectivity index (χ4n) is 3.79. The summed E-state index contributed by atoms with van der Waals surface area (Å²) >= 11 is 0. The van der Waals surface area contributed by atoms with Gasteiger partial charge in [-0.25, -0.2) is 4.98 Å². The molecule has 1 aromatic heterocycles. The van der Waals surface area contributed by atoms with Gasteiger partial charge in [-0.2, -0.15) is 0 Å². The lowest BCUT2D eigenvalue weighted by Gasteiger charge is -2.22. The summed E-state index contributed by atoms with van der Waals surface area (Å²) in [6.07, 6.45) is 5.93. The average molecular weight is 344 g/mol. The zero-order chi connectivity index (χ0) is 17.6. The minimum absolute atomic E-state index is 0.0436. The van der Waals surface area contributed by atoms with Crippen LogP contribution in [0, 0.1) is 0 Å². The van der Waals surface area contributed by atoms with Crippen molar-refractivity contribution < 1.29 is 14.3 Å². The highest BCUT2D eigenvalue weighted by Gasteiger charge is 2.45. The number of fused-ring (bicyclic) bond motifs is 1. The van der Waals surface area contributed by atoms with Crippen molar-refractivity contribution in [2.24, 2.45) is 5.73 Å². The van der Waals surface area contributed by atoms with E-state index >= 15 is 0 Å². The summed E-state index contributed by atoms with van der Waals surface area (Å²) in [7, 11) is 1.55. The molecule has 0 spiro atoms. The predicted octanol–water partition coefficient (Wildman–Crippen LogP) is 1.10. The number of pyridine rings is 1. The summed E-state index contributed by atoms with van der Waals surface area (Å²) in [5, 5.41) is 2.84. The van der Waals surface area contributed by atoms with E-state index < -0.39 is 5.54 Å². The highest BCUT2D eigenvalue weighted by atomic mass is 16.5. The Labute approximate surface area is 146 Å². The SMILES string of the molecule is COc1nc2c(cc1CNC(=O)C1(N)CC1)C(=O)N(C1CCCC1)C2. The summed E-state index contributed by atoms with van der Waals surface area (Å²) in [6, 6.07) is 2.14. The number of nitrogens with one attached hydrogen (secondary N) is 1. The lowest BCUT2D eigenvalue weighted by Crippen LogP contribution is -2.42. The smallest absolute Gasteiger partial charge is 0.256 e. The Bertz CT molecular complexity index is 723. The molecule has 0 saturated heterocycles.